The summed E-state index contributed by atoms with van der Waals surface area (Å²) >= 11 is 2.07. The molecule has 0 fully saturated rings. The molecule has 0 saturated carbocycles. The number of aromatic nitrogens is 2. The first-order valence-corrected chi connectivity index (χ1v) is 11.2. The molecule has 1 heterocycles. The first-order valence-electron chi connectivity index (χ1n) is 10.1. The fourth-order valence-electron chi connectivity index (χ4n) is 2.38. The van der Waals surface area contributed by atoms with Crippen LogP contribution >= 0.6 is 11.8 Å². The molecule has 1 aromatic heterocycles. The molecule has 0 radical (unpaired) electrons. The molecule has 0 aliphatic heterocycles. The zero-order valence-corrected chi connectivity index (χ0v) is 18.0. The van der Waals surface area contributed by atoms with Crippen molar-refractivity contribution in [3.63, 3.8) is 0 Å². The van der Waals surface area contributed by atoms with Gasteiger partial charge in [-0.2, -0.15) is 11.8 Å². The van der Waals surface area contributed by atoms with Gasteiger partial charge < -0.3 is 19.5 Å². The molecular formula is C20H36N2O5S. The lowest BCUT2D eigenvalue weighted by molar-refractivity contribution is -0.159. The van der Waals surface area contributed by atoms with Gasteiger partial charge in [0.2, 0.25) is 0 Å². The second-order valence-electron chi connectivity index (χ2n) is 6.56. The molecule has 0 aromatic carbocycles. The van der Waals surface area contributed by atoms with E-state index in [1.165, 1.54) is 57.1 Å². The van der Waals surface area contributed by atoms with Gasteiger partial charge in [-0.1, -0.05) is 52.4 Å². The first kappa shape index (κ1) is 26.5. The van der Waals surface area contributed by atoms with Gasteiger partial charge in [-0.25, -0.2) is 14.6 Å². The molecule has 1 unspecified atom stereocenters. The normalized spacial score (nSPS) is 11.5. The second kappa shape index (κ2) is 18.8. The summed E-state index contributed by atoms with van der Waals surface area (Å²) in [6.45, 7) is 7.24. The summed E-state index contributed by atoms with van der Waals surface area (Å²) in [5, 5.41) is 15.3. The van der Waals surface area contributed by atoms with Crippen LogP contribution in [0.3, 0.4) is 0 Å². The summed E-state index contributed by atoms with van der Waals surface area (Å²) in [7, 11) is 0. The molecular weight excluding hydrogens is 380 g/mol. The lowest BCUT2D eigenvalue weighted by Gasteiger charge is -2.17. The average Bonchev–Trinajstić information content (AvgIpc) is 3.17. The third kappa shape index (κ3) is 16.6. The Morgan fingerprint density at radius 2 is 1.68 bits per heavy atom. The number of thioether (sulfide) groups is 1. The minimum Gasteiger partial charge on any atom is -0.473 e. The standard InChI is InChI=1S/C18H34N2OS.C2H2O4/c1-3-5-7-8-9-10-14-22-18(16-21-13-6-4-2)15-20-12-11-19-17-20;3-1(4)2(5)6/h11-12,17-18H,3-10,13-16H2,1-2H3;(H,3,4)(H,5,6). The predicted molar refractivity (Wildman–Crippen MR) is 113 cm³/mol. The van der Waals surface area contributed by atoms with Crippen molar-refractivity contribution in [1.82, 2.24) is 9.55 Å². The summed E-state index contributed by atoms with van der Waals surface area (Å²) in [6, 6.07) is 0. The van der Waals surface area contributed by atoms with E-state index >= 15 is 0 Å². The Morgan fingerprint density at radius 1 is 1.04 bits per heavy atom. The number of hydrogen-bond acceptors (Lipinski definition) is 5. The topological polar surface area (TPSA) is 102 Å². The van der Waals surface area contributed by atoms with Gasteiger partial charge in [0.05, 0.1) is 12.9 Å². The van der Waals surface area contributed by atoms with Gasteiger partial charge in [-0.3, -0.25) is 0 Å². The maximum atomic E-state index is 9.10. The number of carboxylic acids is 2. The monoisotopic (exact) mass is 416 g/mol. The van der Waals surface area contributed by atoms with Crippen LogP contribution in [-0.4, -0.2) is 55.9 Å². The van der Waals surface area contributed by atoms with Crippen molar-refractivity contribution >= 4 is 23.7 Å². The van der Waals surface area contributed by atoms with Crippen molar-refractivity contribution < 1.29 is 24.5 Å². The number of hydrogen-bond donors (Lipinski definition) is 2. The van der Waals surface area contributed by atoms with E-state index in [9.17, 15) is 0 Å². The highest BCUT2D eigenvalue weighted by atomic mass is 32.2. The van der Waals surface area contributed by atoms with E-state index in [1.54, 1.807) is 0 Å². The van der Waals surface area contributed by atoms with Crippen molar-refractivity contribution in [2.24, 2.45) is 0 Å². The van der Waals surface area contributed by atoms with Gasteiger partial charge in [-0.15, -0.1) is 0 Å². The molecule has 1 atom stereocenters. The predicted octanol–water partition coefficient (Wildman–Crippen LogP) is 4.32. The Balaban J connectivity index is 0.00000105. The Bertz CT molecular complexity index is 485. The van der Waals surface area contributed by atoms with Gasteiger partial charge in [0.15, 0.2) is 0 Å². The van der Waals surface area contributed by atoms with Crippen LogP contribution in [0.4, 0.5) is 0 Å². The van der Waals surface area contributed by atoms with Crippen molar-refractivity contribution in [2.75, 3.05) is 19.0 Å². The average molecular weight is 417 g/mol. The van der Waals surface area contributed by atoms with Crippen LogP contribution in [0.15, 0.2) is 18.7 Å². The van der Waals surface area contributed by atoms with E-state index in [4.69, 9.17) is 24.5 Å². The van der Waals surface area contributed by atoms with Crippen LogP contribution in [0.25, 0.3) is 0 Å². The van der Waals surface area contributed by atoms with E-state index < -0.39 is 11.9 Å². The summed E-state index contributed by atoms with van der Waals surface area (Å²) in [5.41, 5.74) is 0. The Morgan fingerprint density at radius 3 is 2.25 bits per heavy atom. The van der Waals surface area contributed by atoms with Crippen LogP contribution in [0.2, 0.25) is 0 Å². The SMILES string of the molecule is CCCCCCCCSC(COCCCC)Cn1ccnc1.O=C(O)C(=O)O. The highest BCUT2D eigenvalue weighted by molar-refractivity contribution is 7.99. The number of carbonyl (C=O) groups is 2. The van der Waals surface area contributed by atoms with E-state index in [-0.39, 0.29) is 0 Å². The number of aliphatic carboxylic acids is 2. The lowest BCUT2D eigenvalue weighted by Crippen LogP contribution is -2.19. The zero-order valence-electron chi connectivity index (χ0n) is 17.2. The van der Waals surface area contributed by atoms with Crippen LogP contribution in [0.1, 0.15) is 65.2 Å². The van der Waals surface area contributed by atoms with Crippen molar-refractivity contribution in [2.45, 2.75) is 77.0 Å². The second-order valence-corrected chi connectivity index (χ2v) is 7.97. The highest BCUT2D eigenvalue weighted by Crippen LogP contribution is 2.17. The van der Waals surface area contributed by atoms with Gasteiger partial charge in [0.25, 0.3) is 0 Å². The molecule has 0 aliphatic rings. The number of unbranched alkanes of at least 4 members (excludes halogenated alkanes) is 6. The van der Waals surface area contributed by atoms with E-state index in [1.807, 2.05) is 18.7 Å². The maximum absolute atomic E-state index is 9.10. The summed E-state index contributed by atoms with van der Waals surface area (Å²) in [4.78, 5) is 22.3. The molecule has 1 rings (SSSR count). The molecule has 2 N–H and O–H groups in total. The Hall–Kier alpha value is -1.54. The van der Waals surface area contributed by atoms with Crippen LogP contribution in [0, 0.1) is 0 Å². The fraction of sp³-hybridized carbons (Fsp3) is 0.750. The van der Waals surface area contributed by atoms with Crippen LogP contribution in [-0.2, 0) is 20.9 Å². The fourth-order valence-corrected chi connectivity index (χ4v) is 3.55. The molecule has 28 heavy (non-hydrogen) atoms. The van der Waals surface area contributed by atoms with Gasteiger partial charge in [0.1, 0.15) is 0 Å². The van der Waals surface area contributed by atoms with Crippen molar-refractivity contribution in [3.05, 3.63) is 18.7 Å². The highest BCUT2D eigenvalue weighted by Gasteiger charge is 2.10. The number of imidazole rings is 1. The largest absolute Gasteiger partial charge is 0.473 e. The summed E-state index contributed by atoms with van der Waals surface area (Å²) in [5.74, 6) is -2.40. The maximum Gasteiger partial charge on any atom is 0.414 e. The third-order valence-electron chi connectivity index (χ3n) is 3.95. The molecule has 0 saturated heterocycles. The number of ether oxygens (including phenoxy) is 1. The lowest BCUT2D eigenvalue weighted by atomic mass is 10.1. The number of nitrogens with zero attached hydrogens (tertiary/aromatic N) is 2. The Kier molecular flexibility index (Phi) is 17.8. The molecule has 0 bridgehead atoms. The minimum atomic E-state index is -1.82. The Labute approximate surface area is 172 Å². The first-order chi connectivity index (χ1) is 13.5. The van der Waals surface area contributed by atoms with Crippen molar-refractivity contribution in [1.29, 1.82) is 0 Å². The van der Waals surface area contributed by atoms with E-state index in [0.29, 0.717) is 5.25 Å². The quantitative estimate of drug-likeness (QED) is 0.324. The summed E-state index contributed by atoms with van der Waals surface area (Å²) < 4.78 is 8.01. The van der Waals surface area contributed by atoms with Gasteiger partial charge in [0, 0.05) is 30.8 Å². The third-order valence-corrected chi connectivity index (χ3v) is 5.23. The van der Waals surface area contributed by atoms with Crippen LogP contribution < -0.4 is 0 Å². The van der Waals surface area contributed by atoms with E-state index in [2.05, 4.69) is 35.2 Å². The molecule has 0 spiro atoms. The zero-order chi connectivity index (χ0) is 21.0. The van der Waals surface area contributed by atoms with Gasteiger partial charge >= 0.3 is 11.9 Å². The van der Waals surface area contributed by atoms with E-state index in [0.717, 1.165) is 19.8 Å². The molecule has 162 valence electrons. The summed E-state index contributed by atoms with van der Waals surface area (Å²) in [6.07, 6.45) is 16.4. The number of rotatable bonds is 15. The molecule has 8 heteroatoms. The van der Waals surface area contributed by atoms with Crippen molar-refractivity contribution in [3.8, 4) is 0 Å². The van der Waals surface area contributed by atoms with Crippen LogP contribution in [0.5, 0.6) is 0 Å². The van der Waals surface area contributed by atoms with Gasteiger partial charge in [-0.05, 0) is 18.6 Å². The smallest absolute Gasteiger partial charge is 0.414 e. The number of carboxylic acid groups (broad SMARTS) is 2. The molecule has 1 aromatic rings. The molecule has 7 nitrogen and oxygen atoms in total. The molecule has 0 amide bonds. The minimum absolute atomic E-state index is 0.543. The molecule has 0 aliphatic carbocycles.